The average Bonchev–Trinajstić information content (AvgIpc) is 1.37. The molecule has 0 N–H and O–H groups in total. The van der Waals surface area contributed by atoms with Crippen molar-refractivity contribution in [3.05, 3.63) is 0 Å². The minimum absolute atomic E-state index is 1.64. The first kappa shape index (κ1) is 3.60. The molecule has 0 aromatic carbocycles. The van der Waals surface area contributed by atoms with Gasteiger partial charge in [0.05, 0.1) is 0 Å². The van der Waals surface area contributed by atoms with Crippen molar-refractivity contribution in [2.45, 2.75) is 0 Å². The number of nitrogens with zero attached hydrogens (tertiary/aromatic N) is 2. The molecule has 2 nitrogen and oxygen atoms in total. The van der Waals surface area contributed by atoms with Crippen LogP contribution in [0.5, 0.6) is 0 Å². The van der Waals surface area contributed by atoms with Crippen molar-refractivity contribution < 1.29 is 0 Å². The Hall–Kier alpha value is -0.400. The van der Waals surface area contributed by atoms with Crippen molar-refractivity contribution in [3.63, 3.8) is 0 Å². The molecule has 0 fully saturated rings. The second-order valence-electron chi connectivity index (χ2n) is 0.400. The molecular formula is C2H6N2. The van der Waals surface area contributed by atoms with Crippen LogP contribution in [0.15, 0.2) is 10.2 Å². The first-order valence-electron chi connectivity index (χ1n) is 1.09. The Morgan fingerprint density at radius 2 is 1.25 bits per heavy atom. The van der Waals surface area contributed by atoms with E-state index in [0.717, 1.165) is 0 Å². The Balaban J connectivity index is 2.55. The van der Waals surface area contributed by atoms with Crippen LogP contribution >= 0.6 is 0 Å². The molecule has 0 saturated carbocycles. The van der Waals surface area contributed by atoms with Gasteiger partial charge in [0.1, 0.15) is 0 Å². The van der Waals surface area contributed by atoms with E-state index in [1.807, 2.05) is 0 Å². The first-order valence-corrected chi connectivity index (χ1v) is 1.09. The molecule has 0 aliphatic heterocycles. The molecular weight excluding hydrogens is 52.0 g/mol. The van der Waals surface area contributed by atoms with Crippen LogP contribution in [-0.2, 0) is 0 Å². The maximum atomic E-state index is 3.36. The number of hydrogen-bond acceptors (Lipinski definition) is 2. The SMILES string of the molecule is C/N=N\C. The van der Waals surface area contributed by atoms with Crippen LogP contribution in [-0.4, -0.2) is 14.1 Å². The zero-order chi connectivity index (χ0) is 3.41. The summed E-state index contributed by atoms with van der Waals surface area (Å²) in [6.45, 7) is 0. The summed E-state index contributed by atoms with van der Waals surface area (Å²) < 4.78 is 0. The van der Waals surface area contributed by atoms with Crippen molar-refractivity contribution >= 4 is 0 Å². The second-order valence-corrected chi connectivity index (χ2v) is 0.400. The van der Waals surface area contributed by atoms with Gasteiger partial charge in [0.15, 0.2) is 0 Å². The summed E-state index contributed by atoms with van der Waals surface area (Å²) in [6, 6.07) is 0. The van der Waals surface area contributed by atoms with Crippen LogP contribution in [0.3, 0.4) is 0 Å². The molecule has 0 aromatic heterocycles. The minimum atomic E-state index is 1.64. The van der Waals surface area contributed by atoms with E-state index < -0.39 is 0 Å². The molecule has 0 amide bonds. The maximum absolute atomic E-state index is 3.36. The van der Waals surface area contributed by atoms with Gasteiger partial charge in [0.25, 0.3) is 0 Å². The Kier molecular flexibility index (Phi) is 2.34. The normalized spacial score (nSPS) is 9.50. The van der Waals surface area contributed by atoms with Crippen molar-refractivity contribution in [2.75, 3.05) is 14.1 Å². The molecule has 2 heteroatoms. The number of rotatable bonds is 0. The molecule has 0 unspecified atom stereocenters. The Labute approximate surface area is 25.6 Å². The highest BCUT2D eigenvalue weighted by atomic mass is 15.0. The lowest BCUT2D eigenvalue weighted by molar-refractivity contribution is 1.11. The van der Waals surface area contributed by atoms with Gasteiger partial charge in [0, 0.05) is 14.1 Å². The summed E-state index contributed by atoms with van der Waals surface area (Å²) in [7, 11) is 3.28. The van der Waals surface area contributed by atoms with Crippen LogP contribution in [0.2, 0.25) is 0 Å². The van der Waals surface area contributed by atoms with E-state index >= 15 is 0 Å². The molecule has 0 aromatic rings. The first-order chi connectivity index (χ1) is 1.91. The third kappa shape index (κ3) is 1.60. The van der Waals surface area contributed by atoms with Gasteiger partial charge in [-0.2, -0.15) is 10.2 Å². The van der Waals surface area contributed by atoms with E-state index in [9.17, 15) is 0 Å². The minimum Gasteiger partial charge on any atom is -0.198 e. The fourth-order valence-corrected chi connectivity index (χ4v) is 0. The van der Waals surface area contributed by atoms with Crippen LogP contribution in [0.4, 0.5) is 0 Å². The van der Waals surface area contributed by atoms with Crippen LogP contribution in [0.1, 0.15) is 0 Å². The Morgan fingerprint density at radius 3 is 1.25 bits per heavy atom. The van der Waals surface area contributed by atoms with Crippen molar-refractivity contribution in [3.8, 4) is 0 Å². The predicted octanol–water partition coefficient (Wildman–Crippen LogP) is 0.698. The monoisotopic (exact) mass is 58.1 g/mol. The summed E-state index contributed by atoms with van der Waals surface area (Å²) in [5.74, 6) is 0. The van der Waals surface area contributed by atoms with Crippen LogP contribution in [0.25, 0.3) is 0 Å². The highest BCUT2D eigenvalue weighted by molar-refractivity contribution is 3.96. The van der Waals surface area contributed by atoms with Gasteiger partial charge in [-0.1, -0.05) is 0 Å². The predicted molar refractivity (Wildman–Crippen MR) is 16.7 cm³/mol. The van der Waals surface area contributed by atoms with Crippen molar-refractivity contribution in [1.82, 2.24) is 0 Å². The molecule has 0 spiro atoms. The summed E-state index contributed by atoms with van der Waals surface area (Å²) in [5.41, 5.74) is 0. The van der Waals surface area contributed by atoms with E-state index in [2.05, 4.69) is 10.2 Å². The zero-order valence-electron chi connectivity index (χ0n) is 2.89. The summed E-state index contributed by atoms with van der Waals surface area (Å²) in [4.78, 5) is 0. The lowest BCUT2D eigenvalue weighted by atomic mass is 11.5. The van der Waals surface area contributed by atoms with E-state index in [1.54, 1.807) is 14.1 Å². The van der Waals surface area contributed by atoms with Crippen LogP contribution < -0.4 is 0 Å². The van der Waals surface area contributed by atoms with E-state index in [-0.39, 0.29) is 0 Å². The molecule has 0 rings (SSSR count). The molecule has 0 aliphatic rings. The molecule has 0 bridgehead atoms. The zero-order valence-corrected chi connectivity index (χ0v) is 2.89. The fourth-order valence-electron chi connectivity index (χ4n) is 0. The molecule has 0 saturated heterocycles. The summed E-state index contributed by atoms with van der Waals surface area (Å²) in [6.07, 6.45) is 0. The highest BCUT2D eigenvalue weighted by Gasteiger charge is 1.31. The Bertz CT molecular complexity index is 19.2. The van der Waals surface area contributed by atoms with Crippen molar-refractivity contribution in [1.29, 1.82) is 0 Å². The fraction of sp³-hybridized carbons (Fsp3) is 1.00. The van der Waals surface area contributed by atoms with E-state index in [0.29, 0.717) is 0 Å². The summed E-state index contributed by atoms with van der Waals surface area (Å²) >= 11 is 0. The molecule has 0 heterocycles. The van der Waals surface area contributed by atoms with E-state index in [1.165, 1.54) is 0 Å². The quantitative estimate of drug-likeness (QED) is 0.366. The topological polar surface area (TPSA) is 24.7 Å². The summed E-state index contributed by atoms with van der Waals surface area (Å²) in [5, 5.41) is 6.72. The van der Waals surface area contributed by atoms with Crippen LogP contribution in [0, 0.1) is 0 Å². The van der Waals surface area contributed by atoms with Gasteiger partial charge in [-0.3, -0.25) is 0 Å². The van der Waals surface area contributed by atoms with E-state index in [4.69, 9.17) is 0 Å². The lowest BCUT2D eigenvalue weighted by Crippen LogP contribution is -1.38. The number of azo groups is 1. The standard InChI is InChI=1S/C2H6N2/c1-3-4-2/h1-2H3/b4-3-. The number of hydrogen-bond donors (Lipinski definition) is 0. The third-order valence-corrected chi connectivity index (χ3v) is 0.200. The third-order valence-electron chi connectivity index (χ3n) is 0.200. The average molecular weight is 58.1 g/mol. The van der Waals surface area contributed by atoms with Gasteiger partial charge in [-0.05, 0) is 0 Å². The van der Waals surface area contributed by atoms with Gasteiger partial charge >= 0.3 is 0 Å². The smallest absolute Gasteiger partial charge is 0.0487 e. The van der Waals surface area contributed by atoms with Crippen molar-refractivity contribution in [2.24, 2.45) is 10.2 Å². The Morgan fingerprint density at radius 1 is 1.00 bits per heavy atom. The van der Waals surface area contributed by atoms with Gasteiger partial charge < -0.3 is 0 Å². The molecule has 0 aliphatic carbocycles. The maximum Gasteiger partial charge on any atom is 0.0487 e. The molecule has 0 radical (unpaired) electrons. The van der Waals surface area contributed by atoms with Gasteiger partial charge in [0.2, 0.25) is 0 Å². The molecule has 24 valence electrons. The molecule has 0 atom stereocenters. The van der Waals surface area contributed by atoms with Gasteiger partial charge in [-0.25, -0.2) is 0 Å². The highest BCUT2D eigenvalue weighted by Crippen LogP contribution is 1.48. The lowest BCUT2D eigenvalue weighted by Gasteiger charge is -1.54. The largest absolute Gasteiger partial charge is 0.198 e. The second kappa shape index (κ2) is 2.60. The molecule has 4 heavy (non-hydrogen) atoms. The van der Waals surface area contributed by atoms with Gasteiger partial charge in [-0.15, -0.1) is 0 Å².